The third-order valence-electron chi connectivity index (χ3n) is 8.76. The van der Waals surface area contributed by atoms with Crippen molar-refractivity contribution in [2.75, 3.05) is 23.7 Å². The number of halogens is 2. The summed E-state index contributed by atoms with van der Waals surface area (Å²) in [7, 11) is -3.91. The first-order chi connectivity index (χ1) is 20.8. The maximum Gasteiger partial charge on any atom is 0.237 e. The normalized spacial score (nSPS) is 21.2. The van der Waals surface area contributed by atoms with Crippen LogP contribution < -0.4 is 15.8 Å². The zero-order valence-electron chi connectivity index (χ0n) is 23.6. The Bertz CT molecular complexity index is 1780. The molecule has 9 nitrogen and oxygen atoms in total. The Morgan fingerprint density at radius 1 is 1.05 bits per heavy atom. The summed E-state index contributed by atoms with van der Waals surface area (Å²) in [5, 5.41) is 9.75. The van der Waals surface area contributed by atoms with Gasteiger partial charge in [0.1, 0.15) is 17.3 Å². The number of hydrogen-bond acceptors (Lipinski definition) is 7. The van der Waals surface area contributed by atoms with Crippen LogP contribution in [-0.2, 0) is 20.5 Å². The summed E-state index contributed by atoms with van der Waals surface area (Å²) in [6.45, 7) is 1.59. The van der Waals surface area contributed by atoms with Crippen LogP contribution in [0.5, 0.6) is 0 Å². The van der Waals surface area contributed by atoms with E-state index in [2.05, 4.69) is 19.7 Å². The topological polar surface area (TPSA) is 124 Å². The van der Waals surface area contributed by atoms with Gasteiger partial charge in [-0.3, -0.25) is 9.40 Å². The second-order valence-electron chi connectivity index (χ2n) is 11.9. The van der Waals surface area contributed by atoms with Crippen LogP contribution in [0.1, 0.15) is 61.6 Å². The highest BCUT2D eigenvalue weighted by molar-refractivity contribution is 7.91. The lowest BCUT2D eigenvalue weighted by molar-refractivity contribution is -0.0121. The van der Waals surface area contributed by atoms with Crippen LogP contribution in [0.25, 0.3) is 22.2 Å². The first kappa shape index (κ1) is 28.5. The number of benzene rings is 2. The number of hydrogen-bond donors (Lipinski definition) is 3. The van der Waals surface area contributed by atoms with E-state index >= 15 is 4.39 Å². The molecule has 3 fully saturated rings. The van der Waals surface area contributed by atoms with Crippen LogP contribution in [0.15, 0.2) is 48.7 Å². The minimum atomic E-state index is -3.91. The minimum absolute atomic E-state index is 0.146. The Morgan fingerprint density at radius 3 is 2.49 bits per heavy atom. The molecule has 4 N–H and O–H groups in total. The smallest absolute Gasteiger partial charge is 0.237 e. The summed E-state index contributed by atoms with van der Waals surface area (Å²) < 4.78 is 50.8. The number of nitrogens with two attached hydrogens (primary N) is 1. The van der Waals surface area contributed by atoms with Gasteiger partial charge in [-0.25, -0.2) is 17.8 Å². The standard InChI is InChI=1S/C31H34ClFN6O3S/c32-25-4-2-1-3-20(25)17-43(40,41)38-27-12-7-19(13-26(27)33)29-28-30(39(37-29)23-10-11-23)24(14-35-31(28)34)18-5-8-21(9-6-18)36-22-15-42-16-22/h1-4,7,12-14,18,21-23,36,38H,5-6,8-11,15-17H2,(H2,34,35)/t18-,21-. The van der Waals surface area contributed by atoms with Gasteiger partial charge in [-0.15, -0.1) is 0 Å². The van der Waals surface area contributed by atoms with Crippen molar-refractivity contribution in [2.24, 2.45) is 0 Å². The Labute approximate surface area is 255 Å². The largest absolute Gasteiger partial charge is 0.383 e. The van der Waals surface area contributed by atoms with Crippen molar-refractivity contribution in [1.82, 2.24) is 20.1 Å². The van der Waals surface area contributed by atoms with Gasteiger partial charge >= 0.3 is 0 Å². The summed E-state index contributed by atoms with van der Waals surface area (Å²) in [5.74, 6) is -0.395. The van der Waals surface area contributed by atoms with Crippen LogP contribution >= 0.6 is 11.6 Å². The average Bonchev–Trinajstić information content (AvgIpc) is 3.73. The predicted molar refractivity (Wildman–Crippen MR) is 166 cm³/mol. The number of ether oxygens (including phenoxy) is 1. The molecule has 2 aromatic carbocycles. The molecule has 0 unspecified atom stereocenters. The van der Waals surface area contributed by atoms with E-state index in [1.54, 1.807) is 30.3 Å². The van der Waals surface area contributed by atoms with Gasteiger partial charge in [-0.2, -0.15) is 5.10 Å². The maximum absolute atomic E-state index is 15.4. The lowest BCUT2D eigenvalue weighted by Crippen LogP contribution is -2.51. The highest BCUT2D eigenvalue weighted by Crippen LogP contribution is 2.45. The monoisotopic (exact) mass is 624 g/mol. The number of nitrogens with one attached hydrogen (secondary N) is 2. The summed E-state index contributed by atoms with van der Waals surface area (Å²) >= 11 is 6.14. The average molecular weight is 625 g/mol. The van der Waals surface area contributed by atoms with Crippen molar-refractivity contribution in [2.45, 2.75) is 68.3 Å². The second-order valence-corrected chi connectivity index (χ2v) is 14.1. The Morgan fingerprint density at radius 2 is 1.81 bits per heavy atom. The quantitative estimate of drug-likeness (QED) is 0.216. The van der Waals surface area contributed by atoms with Gasteiger partial charge in [-0.1, -0.05) is 35.9 Å². The summed E-state index contributed by atoms with van der Waals surface area (Å²) in [6.07, 6.45) is 8.19. The number of sulfonamides is 1. The Hall–Kier alpha value is -3.25. The van der Waals surface area contributed by atoms with E-state index in [9.17, 15) is 8.42 Å². The first-order valence-electron chi connectivity index (χ1n) is 14.8. The molecule has 0 radical (unpaired) electrons. The van der Waals surface area contributed by atoms with Gasteiger partial charge in [0, 0.05) is 22.8 Å². The molecule has 226 valence electrons. The van der Waals surface area contributed by atoms with Crippen molar-refractivity contribution < 1.29 is 17.5 Å². The van der Waals surface area contributed by atoms with Crippen molar-refractivity contribution in [1.29, 1.82) is 0 Å². The highest BCUT2D eigenvalue weighted by Gasteiger charge is 2.33. The molecule has 7 rings (SSSR count). The second kappa shape index (κ2) is 11.4. The van der Waals surface area contributed by atoms with Crippen LogP contribution in [0.2, 0.25) is 5.02 Å². The number of anilines is 2. The lowest BCUT2D eigenvalue weighted by atomic mass is 9.81. The fraction of sp³-hybridized carbons (Fsp3) is 0.419. The molecule has 4 aromatic rings. The minimum Gasteiger partial charge on any atom is -0.383 e. The molecule has 0 bridgehead atoms. The molecule has 43 heavy (non-hydrogen) atoms. The molecule has 12 heteroatoms. The van der Waals surface area contributed by atoms with E-state index < -0.39 is 15.8 Å². The van der Waals surface area contributed by atoms with E-state index in [-0.39, 0.29) is 17.5 Å². The van der Waals surface area contributed by atoms with Crippen LogP contribution in [0.4, 0.5) is 15.9 Å². The van der Waals surface area contributed by atoms with Gasteiger partial charge in [-0.05, 0) is 73.8 Å². The molecule has 2 aliphatic carbocycles. The van der Waals surface area contributed by atoms with Gasteiger partial charge in [0.15, 0.2) is 0 Å². The Balaban J connectivity index is 1.18. The first-order valence-corrected chi connectivity index (χ1v) is 16.8. The van der Waals surface area contributed by atoms with Gasteiger partial charge < -0.3 is 15.8 Å². The molecule has 0 amide bonds. The van der Waals surface area contributed by atoms with Crippen molar-refractivity contribution >= 4 is 44.0 Å². The van der Waals surface area contributed by atoms with Gasteiger partial charge in [0.25, 0.3) is 0 Å². The number of pyridine rings is 1. The molecular weight excluding hydrogens is 591 g/mol. The summed E-state index contributed by atoms with van der Waals surface area (Å²) in [6, 6.07) is 12.3. The number of aromatic nitrogens is 3. The number of rotatable bonds is 9. The molecule has 1 saturated heterocycles. The van der Waals surface area contributed by atoms with E-state index in [1.165, 1.54) is 12.1 Å². The number of nitrogens with zero attached hydrogens (tertiary/aromatic N) is 3. The third kappa shape index (κ3) is 5.83. The number of nitrogen functional groups attached to an aromatic ring is 1. The van der Waals surface area contributed by atoms with Crippen molar-refractivity contribution in [3.05, 3.63) is 70.6 Å². The van der Waals surface area contributed by atoms with Crippen LogP contribution in [0.3, 0.4) is 0 Å². The van der Waals surface area contributed by atoms with Gasteiger partial charge in [0.2, 0.25) is 10.0 Å². The molecule has 0 spiro atoms. The lowest BCUT2D eigenvalue weighted by Gasteiger charge is -2.35. The predicted octanol–water partition coefficient (Wildman–Crippen LogP) is 5.76. The summed E-state index contributed by atoms with van der Waals surface area (Å²) in [4.78, 5) is 4.58. The Kier molecular flexibility index (Phi) is 7.53. The van der Waals surface area contributed by atoms with E-state index in [0.717, 1.165) is 68.2 Å². The maximum atomic E-state index is 15.4. The SMILES string of the molecule is Nc1ncc([C@H]2CC[C@H](NC3COC3)CC2)c2c1c(-c1ccc(NS(=O)(=O)Cc3ccccc3Cl)c(F)c1)nn2C1CC1. The number of fused-ring (bicyclic) bond motifs is 1. The fourth-order valence-corrected chi connectivity index (χ4v) is 7.82. The molecule has 2 saturated carbocycles. The zero-order chi connectivity index (χ0) is 29.7. The molecular formula is C31H34ClFN6O3S. The highest BCUT2D eigenvalue weighted by atomic mass is 35.5. The molecule has 1 aliphatic heterocycles. The van der Waals surface area contributed by atoms with Crippen LogP contribution in [-0.4, -0.2) is 48.5 Å². The molecule has 3 heterocycles. The van der Waals surface area contributed by atoms with Gasteiger partial charge in [0.05, 0.1) is 47.6 Å². The zero-order valence-corrected chi connectivity index (χ0v) is 25.2. The molecule has 3 aliphatic rings. The molecule has 2 aromatic heterocycles. The third-order valence-corrected chi connectivity index (χ3v) is 10.4. The summed E-state index contributed by atoms with van der Waals surface area (Å²) in [5.41, 5.74) is 9.96. The molecule has 0 atom stereocenters. The fourth-order valence-electron chi connectivity index (χ4n) is 6.31. The van der Waals surface area contributed by atoms with E-state index in [0.29, 0.717) is 45.7 Å². The van der Waals surface area contributed by atoms with E-state index in [4.69, 9.17) is 27.2 Å². The van der Waals surface area contributed by atoms with E-state index in [1.807, 2.05) is 6.20 Å². The van der Waals surface area contributed by atoms with Crippen molar-refractivity contribution in [3.63, 3.8) is 0 Å². The van der Waals surface area contributed by atoms with Crippen LogP contribution in [0, 0.1) is 5.82 Å². The van der Waals surface area contributed by atoms with Crippen molar-refractivity contribution in [3.8, 4) is 11.3 Å².